The Labute approximate surface area is 148 Å². The number of hydrogen-bond acceptors (Lipinski definition) is 8. The highest BCUT2D eigenvalue weighted by Crippen LogP contribution is 2.52. The fourth-order valence-electron chi connectivity index (χ4n) is 3.16. The van der Waals surface area contributed by atoms with Crippen molar-refractivity contribution in [2.75, 3.05) is 26.8 Å². The lowest BCUT2D eigenvalue weighted by Crippen LogP contribution is -2.64. The minimum Gasteiger partial charge on any atom is -0.480 e. The third-order valence-electron chi connectivity index (χ3n) is 4.35. The fourth-order valence-corrected chi connectivity index (χ4v) is 6.90. The van der Waals surface area contributed by atoms with E-state index in [1.165, 1.54) is 16.7 Å². The number of carbonyl (C=O) groups excluding carboxylic acids is 1. The molecule has 0 aromatic carbocycles. The van der Waals surface area contributed by atoms with Gasteiger partial charge in [-0.15, -0.1) is 23.5 Å². The monoisotopic (exact) mass is 375 g/mol. The lowest BCUT2D eigenvalue weighted by Gasteiger charge is -2.44. The number of carboxylic acid groups (broad SMARTS) is 1. The van der Waals surface area contributed by atoms with Crippen LogP contribution in [0.1, 0.15) is 6.92 Å². The summed E-state index contributed by atoms with van der Waals surface area (Å²) in [5.41, 5.74) is 0. The van der Waals surface area contributed by atoms with E-state index in [4.69, 9.17) is 4.74 Å². The number of hydrogen-bond donors (Lipinski definition) is 3. The van der Waals surface area contributed by atoms with Gasteiger partial charge in [-0.25, -0.2) is 4.79 Å². The van der Waals surface area contributed by atoms with Crippen molar-refractivity contribution in [1.29, 1.82) is 0 Å². The second kappa shape index (κ2) is 7.11. The Kier molecular flexibility index (Phi) is 5.28. The number of aliphatic hydroxyl groups is 1. The van der Waals surface area contributed by atoms with Gasteiger partial charge >= 0.3 is 5.97 Å². The maximum atomic E-state index is 12.2. The smallest absolute Gasteiger partial charge is 0.328 e. The average molecular weight is 375 g/mol. The summed E-state index contributed by atoms with van der Waals surface area (Å²) < 4.78 is 4.77. The van der Waals surface area contributed by atoms with Crippen LogP contribution in [0.5, 0.6) is 0 Å². The molecule has 0 aliphatic carbocycles. The van der Waals surface area contributed by atoms with Crippen LogP contribution in [0.3, 0.4) is 0 Å². The summed E-state index contributed by atoms with van der Waals surface area (Å²) in [5, 5.41) is 22.4. The summed E-state index contributed by atoms with van der Waals surface area (Å²) in [6, 6.07) is -0.850. The van der Waals surface area contributed by atoms with Gasteiger partial charge in [-0.3, -0.25) is 9.79 Å². The van der Waals surface area contributed by atoms with Gasteiger partial charge in [0, 0.05) is 18.9 Å². The summed E-state index contributed by atoms with van der Waals surface area (Å²) in [4.78, 5) is 29.7. The molecule has 3 N–H and O–H groups in total. The highest BCUT2D eigenvalue weighted by molar-refractivity contribution is 8.18. The van der Waals surface area contributed by atoms with Crippen LogP contribution in [0.2, 0.25) is 0 Å². The molecule has 6 atom stereocenters. The SMILES string of the molecule is COCC1=NCC(SC2S[C@@H]3C(C(C)O)C(=O)N3C2C(=O)O)CN1. The molecule has 0 spiro atoms. The van der Waals surface area contributed by atoms with Crippen LogP contribution in [0.15, 0.2) is 4.99 Å². The van der Waals surface area contributed by atoms with Crippen molar-refractivity contribution in [3.8, 4) is 0 Å². The third kappa shape index (κ3) is 3.12. The number of amides is 1. The molecule has 3 aliphatic heterocycles. The molecule has 10 heteroatoms. The number of ether oxygens (including phenoxy) is 1. The molecular weight excluding hydrogens is 354 g/mol. The first-order chi connectivity index (χ1) is 11.4. The quantitative estimate of drug-likeness (QED) is 0.529. The molecule has 3 aliphatic rings. The fraction of sp³-hybridized carbons (Fsp3) is 0.786. The Morgan fingerprint density at radius 2 is 2.38 bits per heavy atom. The van der Waals surface area contributed by atoms with Crippen LogP contribution < -0.4 is 5.32 Å². The lowest BCUT2D eigenvalue weighted by molar-refractivity contribution is -0.166. The summed E-state index contributed by atoms with van der Waals surface area (Å²) in [6.07, 6.45) is -0.762. The van der Waals surface area contributed by atoms with Crippen LogP contribution in [0.25, 0.3) is 0 Å². The molecule has 2 saturated heterocycles. The van der Waals surface area contributed by atoms with Crippen molar-refractivity contribution in [2.45, 2.75) is 34.3 Å². The standard InChI is InChI=1S/C14H21N3O5S2/c1-6(18)9-11(19)17-10(13(20)21)14(24-12(9)17)23-7-3-15-8(5-22-2)16-4-7/h6-7,9-10,12,14,18H,3-5H2,1-2H3,(H,15,16)(H,20,21)/t6?,9?,10?,12-,14?/m1/s1. The number of rotatable bonds is 6. The second-order valence-electron chi connectivity index (χ2n) is 6.05. The number of aliphatic imine (C=N–C) groups is 1. The van der Waals surface area contributed by atoms with E-state index in [0.29, 0.717) is 19.7 Å². The minimum absolute atomic E-state index is 0.142. The van der Waals surface area contributed by atoms with E-state index < -0.39 is 24.0 Å². The van der Waals surface area contributed by atoms with Crippen LogP contribution in [-0.4, -0.2) is 87.0 Å². The molecule has 0 aromatic heterocycles. The van der Waals surface area contributed by atoms with E-state index in [1.807, 2.05) is 0 Å². The number of carboxylic acids is 1. The Balaban J connectivity index is 1.65. The Morgan fingerprint density at radius 1 is 1.62 bits per heavy atom. The molecule has 0 aromatic rings. The molecule has 134 valence electrons. The first-order valence-corrected chi connectivity index (χ1v) is 9.62. The molecule has 3 rings (SSSR count). The summed E-state index contributed by atoms with van der Waals surface area (Å²) >= 11 is 3.01. The van der Waals surface area contributed by atoms with E-state index in [-0.39, 0.29) is 21.1 Å². The number of β-lactam (4-membered cyclic amide) rings is 1. The van der Waals surface area contributed by atoms with E-state index in [2.05, 4.69) is 10.3 Å². The molecule has 8 nitrogen and oxygen atoms in total. The van der Waals surface area contributed by atoms with Crippen molar-refractivity contribution in [2.24, 2.45) is 10.9 Å². The Bertz CT molecular complexity index is 559. The van der Waals surface area contributed by atoms with Crippen LogP contribution in [0, 0.1) is 5.92 Å². The van der Waals surface area contributed by atoms with Gasteiger partial charge in [0.25, 0.3) is 0 Å². The number of amidine groups is 1. The average Bonchev–Trinajstić information content (AvgIpc) is 2.83. The molecule has 0 radical (unpaired) electrons. The van der Waals surface area contributed by atoms with Gasteiger partial charge in [0.1, 0.15) is 12.4 Å². The van der Waals surface area contributed by atoms with Gasteiger partial charge in [-0.1, -0.05) is 0 Å². The zero-order valence-electron chi connectivity index (χ0n) is 13.4. The van der Waals surface area contributed by atoms with Gasteiger partial charge in [-0.05, 0) is 6.92 Å². The van der Waals surface area contributed by atoms with Gasteiger partial charge < -0.3 is 25.2 Å². The van der Waals surface area contributed by atoms with Crippen molar-refractivity contribution >= 4 is 41.2 Å². The predicted molar refractivity (Wildman–Crippen MR) is 92.2 cm³/mol. The first kappa shape index (κ1) is 17.8. The molecule has 0 saturated carbocycles. The highest BCUT2D eigenvalue weighted by Gasteiger charge is 2.62. The lowest BCUT2D eigenvalue weighted by atomic mass is 9.91. The summed E-state index contributed by atoms with van der Waals surface area (Å²) in [5.74, 6) is -0.956. The van der Waals surface area contributed by atoms with E-state index >= 15 is 0 Å². The zero-order chi connectivity index (χ0) is 17.4. The van der Waals surface area contributed by atoms with Gasteiger partial charge in [0.05, 0.1) is 28.5 Å². The molecule has 0 bridgehead atoms. The third-order valence-corrected chi connectivity index (χ3v) is 7.57. The second-order valence-corrected chi connectivity index (χ2v) is 9.06. The molecule has 24 heavy (non-hydrogen) atoms. The molecule has 3 heterocycles. The Hall–Kier alpha value is -0.970. The number of nitrogens with zero attached hydrogens (tertiary/aromatic N) is 2. The molecule has 2 fully saturated rings. The highest BCUT2D eigenvalue weighted by atomic mass is 32.2. The van der Waals surface area contributed by atoms with Crippen LogP contribution in [-0.2, 0) is 14.3 Å². The van der Waals surface area contributed by atoms with Crippen LogP contribution >= 0.6 is 23.5 Å². The van der Waals surface area contributed by atoms with Crippen molar-refractivity contribution in [3.63, 3.8) is 0 Å². The number of fused-ring (bicyclic) bond motifs is 1. The van der Waals surface area contributed by atoms with Crippen molar-refractivity contribution < 1.29 is 24.5 Å². The molecule has 1 amide bonds. The minimum atomic E-state index is -0.993. The summed E-state index contributed by atoms with van der Waals surface area (Å²) in [7, 11) is 1.61. The normalized spacial score (nSPS) is 36.5. The van der Waals surface area contributed by atoms with Crippen molar-refractivity contribution in [3.05, 3.63) is 0 Å². The first-order valence-electron chi connectivity index (χ1n) is 7.74. The molecular formula is C14H21N3O5S2. The number of aliphatic carboxylic acids is 1. The van der Waals surface area contributed by atoms with E-state index in [9.17, 15) is 19.8 Å². The van der Waals surface area contributed by atoms with Gasteiger partial charge in [0.2, 0.25) is 5.91 Å². The van der Waals surface area contributed by atoms with Gasteiger partial charge in [0.15, 0.2) is 6.04 Å². The number of thioether (sulfide) groups is 2. The zero-order valence-corrected chi connectivity index (χ0v) is 15.0. The maximum Gasteiger partial charge on any atom is 0.328 e. The Morgan fingerprint density at radius 3 is 2.92 bits per heavy atom. The number of methoxy groups -OCH3 is 1. The number of aliphatic hydroxyl groups excluding tert-OH is 1. The van der Waals surface area contributed by atoms with Gasteiger partial charge in [-0.2, -0.15) is 0 Å². The van der Waals surface area contributed by atoms with E-state index in [0.717, 1.165) is 5.84 Å². The predicted octanol–water partition coefficient (Wildman–Crippen LogP) is -0.572. The number of nitrogens with one attached hydrogen (secondary N) is 1. The van der Waals surface area contributed by atoms with E-state index in [1.54, 1.807) is 25.8 Å². The molecule has 5 unspecified atom stereocenters. The largest absolute Gasteiger partial charge is 0.480 e. The van der Waals surface area contributed by atoms with Crippen molar-refractivity contribution in [1.82, 2.24) is 10.2 Å². The topological polar surface area (TPSA) is 111 Å². The summed E-state index contributed by atoms with van der Waals surface area (Å²) in [6.45, 7) is 3.30. The van der Waals surface area contributed by atoms with Crippen LogP contribution in [0.4, 0.5) is 0 Å². The maximum absolute atomic E-state index is 12.2. The number of carbonyl (C=O) groups is 2.